The first kappa shape index (κ1) is 22.1. The molecule has 1 N–H and O–H groups in total. The molecular weight excluding hydrogens is 402 g/mol. The van der Waals surface area contributed by atoms with E-state index in [0.29, 0.717) is 24.4 Å². The predicted octanol–water partition coefficient (Wildman–Crippen LogP) is 7.34. The number of ketones is 1. The second kappa shape index (κ2) is 10.5. The van der Waals surface area contributed by atoms with Crippen molar-refractivity contribution < 1.29 is 4.79 Å². The van der Waals surface area contributed by atoms with E-state index in [0.717, 1.165) is 16.7 Å². The lowest BCUT2D eigenvalue weighted by molar-refractivity contribution is 0.0993. The Morgan fingerprint density at radius 1 is 0.727 bits per heavy atom. The first-order valence-corrected chi connectivity index (χ1v) is 12.8. The monoisotopic (exact) mass is 437 g/mol. The molecule has 2 saturated carbocycles. The van der Waals surface area contributed by atoms with Crippen molar-refractivity contribution in [1.82, 2.24) is 5.32 Å². The average Bonchev–Trinajstić information content (AvgIpc) is 3.61. The Kier molecular flexibility index (Phi) is 7.02. The summed E-state index contributed by atoms with van der Waals surface area (Å²) in [4.78, 5) is 12.8. The van der Waals surface area contributed by atoms with Crippen LogP contribution in [0.4, 0.5) is 0 Å². The van der Waals surface area contributed by atoms with E-state index in [-0.39, 0.29) is 5.78 Å². The van der Waals surface area contributed by atoms with Crippen molar-refractivity contribution in [3.63, 3.8) is 0 Å². The Labute approximate surface area is 198 Å². The number of hydrogen-bond donors (Lipinski definition) is 1. The topological polar surface area (TPSA) is 29.1 Å². The van der Waals surface area contributed by atoms with E-state index in [4.69, 9.17) is 0 Å². The molecule has 0 radical (unpaired) electrons. The molecule has 2 aliphatic rings. The van der Waals surface area contributed by atoms with Crippen molar-refractivity contribution >= 4 is 5.78 Å². The van der Waals surface area contributed by atoms with Gasteiger partial charge in [0.05, 0.1) is 0 Å². The number of Topliss-reactive ketones (excluding diaryl/α,β-unsaturated/α-hetero) is 1. The van der Waals surface area contributed by atoms with Crippen LogP contribution in [-0.4, -0.2) is 17.9 Å². The highest BCUT2D eigenvalue weighted by Crippen LogP contribution is 2.41. The third-order valence-corrected chi connectivity index (χ3v) is 7.43. The van der Waals surface area contributed by atoms with Crippen molar-refractivity contribution in [2.75, 3.05) is 0 Å². The van der Waals surface area contributed by atoms with Crippen LogP contribution in [0.3, 0.4) is 0 Å². The van der Waals surface area contributed by atoms with Crippen LogP contribution in [0.15, 0.2) is 78.9 Å². The summed E-state index contributed by atoms with van der Waals surface area (Å²) in [5.41, 5.74) is 5.62. The normalized spacial score (nSPS) is 21.2. The summed E-state index contributed by atoms with van der Waals surface area (Å²) in [7, 11) is 0. The summed E-state index contributed by atoms with van der Waals surface area (Å²) in [6.45, 7) is 0. The molecule has 0 heterocycles. The first-order chi connectivity index (χ1) is 16.3. The fourth-order valence-electron chi connectivity index (χ4n) is 5.32. The quantitative estimate of drug-likeness (QED) is 0.392. The molecule has 2 heteroatoms. The molecule has 3 aromatic carbocycles. The molecule has 5 rings (SSSR count). The zero-order valence-electron chi connectivity index (χ0n) is 19.5. The average molecular weight is 438 g/mol. The lowest BCUT2D eigenvalue weighted by atomic mass is 9.96. The second-order valence-corrected chi connectivity index (χ2v) is 9.94. The Balaban J connectivity index is 1.14. The smallest absolute Gasteiger partial charge is 0.167 e. The van der Waals surface area contributed by atoms with Crippen LogP contribution < -0.4 is 5.32 Å². The second-order valence-electron chi connectivity index (χ2n) is 9.94. The zero-order chi connectivity index (χ0) is 22.5. The van der Waals surface area contributed by atoms with Crippen molar-refractivity contribution in [3.8, 4) is 11.1 Å². The maximum absolute atomic E-state index is 12.8. The molecule has 2 atom stereocenters. The van der Waals surface area contributed by atoms with Crippen LogP contribution in [0.5, 0.6) is 0 Å². The van der Waals surface area contributed by atoms with Crippen LogP contribution in [0, 0.1) is 0 Å². The molecule has 2 fully saturated rings. The minimum absolute atomic E-state index is 0.178. The Hall–Kier alpha value is -2.71. The minimum Gasteiger partial charge on any atom is -0.311 e. The predicted molar refractivity (Wildman–Crippen MR) is 137 cm³/mol. The summed E-state index contributed by atoms with van der Waals surface area (Å²) < 4.78 is 0. The van der Waals surface area contributed by atoms with Crippen molar-refractivity contribution in [2.24, 2.45) is 0 Å². The van der Waals surface area contributed by atoms with Gasteiger partial charge >= 0.3 is 0 Å². The molecule has 0 amide bonds. The Bertz CT molecular complexity index is 1030. The van der Waals surface area contributed by atoms with E-state index >= 15 is 0 Å². The molecule has 0 aliphatic heterocycles. The Morgan fingerprint density at radius 3 is 2.06 bits per heavy atom. The van der Waals surface area contributed by atoms with Gasteiger partial charge in [-0.3, -0.25) is 4.79 Å². The summed E-state index contributed by atoms with van der Waals surface area (Å²) in [5, 5.41) is 3.94. The number of carbonyl (C=O) groups excluding carboxylic acids is 1. The fraction of sp³-hybridized carbons (Fsp3) is 0.387. The molecule has 0 bridgehead atoms. The summed E-state index contributed by atoms with van der Waals surface area (Å²) in [6, 6.07) is 28.4. The van der Waals surface area contributed by atoms with Gasteiger partial charge in [0.25, 0.3) is 0 Å². The van der Waals surface area contributed by atoms with Crippen LogP contribution >= 0.6 is 0 Å². The summed E-state index contributed by atoms with van der Waals surface area (Å²) in [6.07, 6.45) is 11.4. The van der Waals surface area contributed by atoms with Gasteiger partial charge in [-0.2, -0.15) is 0 Å². The van der Waals surface area contributed by atoms with Crippen LogP contribution in [-0.2, 0) is 6.42 Å². The highest BCUT2D eigenvalue weighted by Gasteiger charge is 2.39. The number of benzene rings is 3. The third kappa shape index (κ3) is 5.81. The first-order valence-electron chi connectivity index (χ1n) is 12.8. The largest absolute Gasteiger partial charge is 0.311 e. The van der Waals surface area contributed by atoms with E-state index in [1.807, 2.05) is 42.5 Å². The van der Waals surface area contributed by atoms with Gasteiger partial charge in [-0.15, -0.1) is 0 Å². The molecule has 2 unspecified atom stereocenters. The van der Waals surface area contributed by atoms with E-state index in [1.165, 1.54) is 62.5 Å². The molecule has 170 valence electrons. The van der Waals surface area contributed by atoms with E-state index in [1.54, 1.807) is 0 Å². The van der Waals surface area contributed by atoms with E-state index in [9.17, 15) is 4.79 Å². The van der Waals surface area contributed by atoms with Gasteiger partial charge in [-0.05, 0) is 41.5 Å². The molecule has 0 spiro atoms. The number of rotatable bonds is 7. The number of nitrogens with one attached hydrogen (secondary N) is 1. The molecule has 3 aromatic rings. The molecule has 0 saturated heterocycles. The lowest BCUT2D eigenvalue weighted by Gasteiger charge is -2.21. The van der Waals surface area contributed by atoms with Gasteiger partial charge in [0, 0.05) is 30.0 Å². The molecular formula is C31H35NO. The highest BCUT2D eigenvalue weighted by molar-refractivity contribution is 5.97. The van der Waals surface area contributed by atoms with Gasteiger partial charge in [0.1, 0.15) is 0 Å². The van der Waals surface area contributed by atoms with Gasteiger partial charge in [-0.1, -0.05) is 111 Å². The SMILES string of the molecule is O=C(Cc1ccc(C2CC2NC2CCCCCCC2)cc1)c1ccc(-c2ccccc2)cc1. The highest BCUT2D eigenvalue weighted by atomic mass is 16.1. The molecule has 2 aliphatic carbocycles. The summed E-state index contributed by atoms with van der Waals surface area (Å²) >= 11 is 0. The third-order valence-electron chi connectivity index (χ3n) is 7.43. The van der Waals surface area contributed by atoms with Crippen molar-refractivity contribution in [2.45, 2.75) is 75.8 Å². The zero-order valence-corrected chi connectivity index (χ0v) is 19.5. The van der Waals surface area contributed by atoms with Crippen molar-refractivity contribution in [3.05, 3.63) is 95.6 Å². The fourth-order valence-corrected chi connectivity index (χ4v) is 5.32. The van der Waals surface area contributed by atoms with Gasteiger partial charge < -0.3 is 5.32 Å². The molecule has 33 heavy (non-hydrogen) atoms. The lowest BCUT2D eigenvalue weighted by Crippen LogP contribution is -2.32. The maximum atomic E-state index is 12.8. The number of hydrogen-bond acceptors (Lipinski definition) is 2. The van der Waals surface area contributed by atoms with Crippen LogP contribution in [0.1, 0.15) is 78.8 Å². The number of carbonyl (C=O) groups is 1. The Morgan fingerprint density at radius 2 is 1.36 bits per heavy atom. The van der Waals surface area contributed by atoms with E-state index in [2.05, 4.69) is 41.7 Å². The van der Waals surface area contributed by atoms with Crippen LogP contribution in [0.2, 0.25) is 0 Å². The minimum atomic E-state index is 0.178. The molecule has 0 aromatic heterocycles. The van der Waals surface area contributed by atoms with Gasteiger partial charge in [-0.25, -0.2) is 0 Å². The van der Waals surface area contributed by atoms with Gasteiger partial charge in [0.2, 0.25) is 0 Å². The summed E-state index contributed by atoms with van der Waals surface area (Å²) in [5.74, 6) is 0.823. The maximum Gasteiger partial charge on any atom is 0.167 e. The van der Waals surface area contributed by atoms with Gasteiger partial charge in [0.15, 0.2) is 5.78 Å². The van der Waals surface area contributed by atoms with Crippen molar-refractivity contribution in [1.29, 1.82) is 0 Å². The van der Waals surface area contributed by atoms with Crippen LogP contribution in [0.25, 0.3) is 11.1 Å². The van der Waals surface area contributed by atoms with E-state index < -0.39 is 0 Å². The molecule has 2 nitrogen and oxygen atoms in total. The standard InChI is InChI=1S/C31H35NO/c33-31(27-19-17-25(18-20-27)24-9-5-4-6-10-24)21-23-13-15-26(16-14-23)29-22-30(29)32-28-11-7-2-1-3-8-12-28/h4-6,9-10,13-20,28-30,32H,1-3,7-8,11-12,21-22H2.